The molecule has 0 aromatic rings. The Morgan fingerprint density at radius 1 is 1.33 bits per heavy atom. The van der Waals surface area contributed by atoms with E-state index in [0.29, 0.717) is 18.8 Å². The van der Waals surface area contributed by atoms with Crippen LogP contribution in [0.2, 0.25) is 0 Å². The number of hydrogen-bond acceptors (Lipinski definition) is 2. The zero-order valence-corrected chi connectivity index (χ0v) is 13.4. The van der Waals surface area contributed by atoms with E-state index in [1.165, 1.54) is 0 Å². The maximum Gasteiger partial charge on any atom is 0.220 e. The second-order valence-corrected chi connectivity index (χ2v) is 7.48. The van der Waals surface area contributed by atoms with Crippen molar-refractivity contribution in [3.05, 3.63) is 12.2 Å². The predicted molar refractivity (Wildman–Crippen MR) is 83.6 cm³/mol. The summed E-state index contributed by atoms with van der Waals surface area (Å²) in [7, 11) is 0. The number of rotatable bonds is 3. The third kappa shape index (κ3) is 4.58. The molecule has 1 unspecified atom stereocenters. The van der Waals surface area contributed by atoms with E-state index in [4.69, 9.17) is 0 Å². The molecule has 2 amide bonds. The van der Waals surface area contributed by atoms with Gasteiger partial charge in [0.05, 0.1) is 12.1 Å². The quantitative estimate of drug-likeness (QED) is 0.785. The van der Waals surface area contributed by atoms with Crippen molar-refractivity contribution < 1.29 is 9.59 Å². The molecule has 3 atom stereocenters. The molecule has 0 aromatic carbocycles. The lowest BCUT2D eigenvalue weighted by Gasteiger charge is -2.41. The zero-order valence-electron chi connectivity index (χ0n) is 13.4. The van der Waals surface area contributed by atoms with Gasteiger partial charge in [0.25, 0.3) is 0 Å². The van der Waals surface area contributed by atoms with Gasteiger partial charge in [0.15, 0.2) is 0 Å². The van der Waals surface area contributed by atoms with E-state index in [9.17, 15) is 9.59 Å². The number of nitrogens with one attached hydrogen (secondary N) is 2. The number of allylic oxidation sites excluding steroid dienone is 2. The smallest absolute Gasteiger partial charge is 0.220 e. The molecule has 0 aromatic heterocycles. The first-order valence-corrected chi connectivity index (χ1v) is 8.10. The molecular formula is C17H28N2O2. The first-order valence-electron chi connectivity index (χ1n) is 8.10. The number of hydrogen-bond donors (Lipinski definition) is 2. The number of carbonyl (C=O) groups is 2. The molecule has 0 bridgehead atoms. The van der Waals surface area contributed by atoms with Crippen molar-refractivity contribution in [1.29, 1.82) is 0 Å². The van der Waals surface area contributed by atoms with E-state index in [0.717, 1.165) is 25.7 Å². The first-order chi connectivity index (χ1) is 9.86. The summed E-state index contributed by atoms with van der Waals surface area (Å²) < 4.78 is 0. The fourth-order valence-corrected chi connectivity index (χ4v) is 3.34. The van der Waals surface area contributed by atoms with Gasteiger partial charge in [-0.3, -0.25) is 9.59 Å². The Labute approximate surface area is 127 Å². The van der Waals surface area contributed by atoms with Crippen LogP contribution in [0.4, 0.5) is 0 Å². The van der Waals surface area contributed by atoms with E-state index < -0.39 is 0 Å². The SMILES string of the molecule is CC(C)(C)[C@@H]1NC(=O)CC[C@H]1NC(=O)CC1CC=CCC1. The predicted octanol–water partition coefficient (Wildman–Crippen LogP) is 2.54. The number of piperidine rings is 1. The van der Waals surface area contributed by atoms with Crippen LogP contribution < -0.4 is 10.6 Å². The maximum absolute atomic E-state index is 12.3. The summed E-state index contributed by atoms with van der Waals surface area (Å²) in [6, 6.07) is 0.0586. The molecule has 2 aliphatic rings. The maximum atomic E-state index is 12.3. The second-order valence-electron chi connectivity index (χ2n) is 7.48. The van der Waals surface area contributed by atoms with Crippen LogP contribution in [0.5, 0.6) is 0 Å². The summed E-state index contributed by atoms with van der Waals surface area (Å²) in [5, 5.41) is 6.22. The molecule has 1 aliphatic heterocycles. The van der Waals surface area contributed by atoms with E-state index in [1.807, 2.05) is 0 Å². The lowest BCUT2D eigenvalue weighted by Crippen LogP contribution is -2.60. The highest BCUT2D eigenvalue weighted by Gasteiger charge is 2.37. The Kier molecular flexibility index (Phi) is 5.07. The molecule has 2 N–H and O–H groups in total. The highest BCUT2D eigenvalue weighted by Crippen LogP contribution is 2.27. The molecule has 1 aliphatic carbocycles. The van der Waals surface area contributed by atoms with Crippen LogP contribution in [0, 0.1) is 11.3 Å². The van der Waals surface area contributed by atoms with Crippen LogP contribution in [0.25, 0.3) is 0 Å². The van der Waals surface area contributed by atoms with Crippen molar-refractivity contribution in [2.45, 2.75) is 71.4 Å². The van der Waals surface area contributed by atoms with E-state index in [1.54, 1.807) is 0 Å². The Bertz CT molecular complexity index is 423. The van der Waals surface area contributed by atoms with Gasteiger partial charge in [0, 0.05) is 12.8 Å². The molecule has 1 heterocycles. The van der Waals surface area contributed by atoms with Crippen molar-refractivity contribution in [3.8, 4) is 0 Å². The van der Waals surface area contributed by atoms with Gasteiger partial charge in [-0.1, -0.05) is 32.9 Å². The van der Waals surface area contributed by atoms with E-state index >= 15 is 0 Å². The molecule has 2 rings (SSSR count). The van der Waals surface area contributed by atoms with Gasteiger partial charge in [-0.2, -0.15) is 0 Å². The molecular weight excluding hydrogens is 264 g/mol. The Balaban J connectivity index is 1.91. The average molecular weight is 292 g/mol. The minimum atomic E-state index is -0.0540. The van der Waals surface area contributed by atoms with Crippen LogP contribution in [0.3, 0.4) is 0 Å². The summed E-state index contributed by atoms with van der Waals surface area (Å²) in [4.78, 5) is 23.9. The van der Waals surface area contributed by atoms with Crippen LogP contribution >= 0.6 is 0 Å². The zero-order chi connectivity index (χ0) is 15.5. The minimum Gasteiger partial charge on any atom is -0.351 e. The molecule has 21 heavy (non-hydrogen) atoms. The third-order valence-electron chi connectivity index (χ3n) is 4.53. The van der Waals surface area contributed by atoms with Gasteiger partial charge in [-0.25, -0.2) is 0 Å². The van der Waals surface area contributed by atoms with Gasteiger partial charge in [0.1, 0.15) is 0 Å². The summed E-state index contributed by atoms with van der Waals surface area (Å²) in [5.41, 5.74) is -0.0540. The number of amides is 2. The Morgan fingerprint density at radius 2 is 2.10 bits per heavy atom. The molecule has 4 heteroatoms. The Hall–Kier alpha value is -1.32. The molecule has 1 fully saturated rings. The van der Waals surface area contributed by atoms with Gasteiger partial charge >= 0.3 is 0 Å². The van der Waals surface area contributed by atoms with Crippen molar-refractivity contribution in [2.75, 3.05) is 0 Å². The van der Waals surface area contributed by atoms with Crippen molar-refractivity contribution >= 4 is 11.8 Å². The lowest BCUT2D eigenvalue weighted by molar-refractivity contribution is -0.128. The molecule has 0 spiro atoms. The Morgan fingerprint density at radius 3 is 2.71 bits per heavy atom. The van der Waals surface area contributed by atoms with Crippen LogP contribution in [0.15, 0.2) is 12.2 Å². The summed E-state index contributed by atoms with van der Waals surface area (Å²) in [6.45, 7) is 6.32. The summed E-state index contributed by atoms with van der Waals surface area (Å²) in [5.74, 6) is 0.699. The largest absolute Gasteiger partial charge is 0.351 e. The van der Waals surface area contributed by atoms with Gasteiger partial charge in [-0.05, 0) is 37.0 Å². The minimum absolute atomic E-state index is 0.00829. The molecule has 1 saturated heterocycles. The normalized spacial score (nSPS) is 29.9. The molecule has 0 radical (unpaired) electrons. The van der Waals surface area contributed by atoms with E-state index in [2.05, 4.69) is 43.6 Å². The van der Waals surface area contributed by atoms with Crippen molar-refractivity contribution in [3.63, 3.8) is 0 Å². The fraction of sp³-hybridized carbons (Fsp3) is 0.765. The lowest BCUT2D eigenvalue weighted by atomic mass is 9.78. The summed E-state index contributed by atoms with van der Waals surface area (Å²) >= 11 is 0. The summed E-state index contributed by atoms with van der Waals surface area (Å²) in [6.07, 6.45) is 9.42. The fourth-order valence-electron chi connectivity index (χ4n) is 3.34. The average Bonchev–Trinajstić information content (AvgIpc) is 2.40. The standard InChI is InChI=1S/C17H28N2O2/c1-17(2,3)16-13(9-10-14(20)19-16)18-15(21)11-12-7-5-4-6-8-12/h4-5,12-13,16H,6-11H2,1-3H3,(H,18,21)(H,19,20)/t12?,13-,16-/m1/s1. The van der Waals surface area contributed by atoms with Crippen molar-refractivity contribution in [2.24, 2.45) is 11.3 Å². The van der Waals surface area contributed by atoms with Gasteiger partial charge in [-0.15, -0.1) is 0 Å². The van der Waals surface area contributed by atoms with Crippen LogP contribution in [0.1, 0.15) is 59.3 Å². The van der Waals surface area contributed by atoms with Gasteiger partial charge in [0.2, 0.25) is 11.8 Å². The molecule has 118 valence electrons. The molecule has 0 saturated carbocycles. The second kappa shape index (κ2) is 6.63. The van der Waals surface area contributed by atoms with E-state index in [-0.39, 0.29) is 29.3 Å². The number of carbonyl (C=O) groups excluding carboxylic acids is 2. The van der Waals surface area contributed by atoms with Gasteiger partial charge < -0.3 is 10.6 Å². The van der Waals surface area contributed by atoms with Crippen LogP contribution in [-0.4, -0.2) is 23.9 Å². The van der Waals surface area contributed by atoms with Crippen LogP contribution in [-0.2, 0) is 9.59 Å². The highest BCUT2D eigenvalue weighted by molar-refractivity contribution is 5.79. The monoisotopic (exact) mass is 292 g/mol. The third-order valence-corrected chi connectivity index (χ3v) is 4.53. The molecule has 4 nitrogen and oxygen atoms in total. The highest BCUT2D eigenvalue weighted by atomic mass is 16.2. The first kappa shape index (κ1) is 16.1. The topological polar surface area (TPSA) is 58.2 Å². The van der Waals surface area contributed by atoms with Crippen molar-refractivity contribution in [1.82, 2.24) is 10.6 Å².